The topological polar surface area (TPSA) is 21.3 Å². The minimum atomic E-state index is 0.198. The van der Waals surface area contributed by atoms with Crippen LogP contribution in [0.4, 0.5) is 0 Å². The zero-order chi connectivity index (χ0) is 14.5. The Hall–Kier alpha value is -0.0800. The van der Waals surface area contributed by atoms with Crippen LogP contribution in [0.15, 0.2) is 0 Å². The fourth-order valence-corrected chi connectivity index (χ4v) is 3.75. The molecule has 1 aliphatic carbocycles. The summed E-state index contributed by atoms with van der Waals surface area (Å²) in [5.74, 6) is 1.75. The van der Waals surface area contributed by atoms with Crippen LogP contribution in [0.5, 0.6) is 0 Å². The highest BCUT2D eigenvalue weighted by Gasteiger charge is 2.37. The maximum absolute atomic E-state index is 5.87. The zero-order valence-corrected chi connectivity index (χ0v) is 14.0. The Kier molecular flexibility index (Phi) is 6.82. The van der Waals surface area contributed by atoms with E-state index in [1.807, 2.05) is 7.11 Å². The average Bonchev–Trinajstić information content (AvgIpc) is 2.37. The predicted octanol–water partition coefficient (Wildman–Crippen LogP) is 4.24. The van der Waals surface area contributed by atoms with Crippen molar-refractivity contribution in [1.82, 2.24) is 5.32 Å². The van der Waals surface area contributed by atoms with Gasteiger partial charge in [0, 0.05) is 13.2 Å². The van der Waals surface area contributed by atoms with Gasteiger partial charge in [-0.05, 0) is 36.6 Å². The quantitative estimate of drug-likeness (QED) is 0.778. The summed E-state index contributed by atoms with van der Waals surface area (Å²) in [6.45, 7) is 12.5. The fraction of sp³-hybridized carbons (Fsp3) is 1.00. The lowest BCUT2D eigenvalue weighted by Crippen LogP contribution is -2.52. The third kappa shape index (κ3) is 4.75. The molecule has 0 aromatic heterocycles. The first-order chi connectivity index (χ1) is 8.93. The molecule has 1 fully saturated rings. The lowest BCUT2D eigenvalue weighted by molar-refractivity contribution is -0.0324. The second-order valence-electron chi connectivity index (χ2n) is 7.29. The van der Waals surface area contributed by atoms with Crippen molar-refractivity contribution < 1.29 is 4.74 Å². The summed E-state index contributed by atoms with van der Waals surface area (Å²) in [6.07, 6.45) is 7.20. The van der Waals surface area contributed by atoms with Gasteiger partial charge in [-0.15, -0.1) is 0 Å². The van der Waals surface area contributed by atoms with Crippen LogP contribution in [0.2, 0.25) is 0 Å². The first-order valence-electron chi connectivity index (χ1n) is 8.20. The van der Waals surface area contributed by atoms with Crippen molar-refractivity contribution in [3.8, 4) is 0 Å². The van der Waals surface area contributed by atoms with Crippen LogP contribution >= 0.6 is 0 Å². The summed E-state index contributed by atoms with van der Waals surface area (Å²) in [5, 5.41) is 3.72. The molecule has 1 saturated carbocycles. The molecular formula is C17H35NO. The molecule has 0 radical (unpaired) electrons. The Labute approximate surface area is 120 Å². The Morgan fingerprint density at radius 3 is 2.05 bits per heavy atom. The van der Waals surface area contributed by atoms with Gasteiger partial charge in [-0.25, -0.2) is 0 Å². The number of nitrogens with one attached hydrogen (secondary N) is 1. The number of likely N-dealkylation sites (N-methyl/N-ethyl adjacent to an activating group) is 1. The third-order valence-electron chi connectivity index (χ3n) is 4.85. The van der Waals surface area contributed by atoms with E-state index in [9.17, 15) is 0 Å². The Morgan fingerprint density at radius 1 is 1.11 bits per heavy atom. The van der Waals surface area contributed by atoms with Gasteiger partial charge < -0.3 is 10.1 Å². The summed E-state index contributed by atoms with van der Waals surface area (Å²) in [4.78, 5) is 0. The Balaban J connectivity index is 2.71. The average molecular weight is 269 g/mol. The van der Waals surface area contributed by atoms with Crippen molar-refractivity contribution in [2.75, 3.05) is 13.7 Å². The standard InChI is InChI=1S/C17H35NO/c1-7-13-9-11-14(12-10-13)15(18-8-2)16(19-6)17(3,4)5/h13-16,18H,7-12H2,1-6H3. The number of rotatable bonds is 6. The zero-order valence-electron chi connectivity index (χ0n) is 14.0. The van der Waals surface area contributed by atoms with E-state index in [4.69, 9.17) is 4.74 Å². The normalized spacial score (nSPS) is 28.1. The van der Waals surface area contributed by atoms with Crippen molar-refractivity contribution in [3.63, 3.8) is 0 Å². The molecule has 0 amide bonds. The lowest BCUT2D eigenvalue weighted by atomic mass is 9.72. The molecule has 0 heterocycles. The van der Waals surface area contributed by atoms with Crippen molar-refractivity contribution in [3.05, 3.63) is 0 Å². The molecule has 0 aliphatic heterocycles. The molecule has 2 heteroatoms. The van der Waals surface area contributed by atoms with Crippen LogP contribution in [0, 0.1) is 17.3 Å². The summed E-state index contributed by atoms with van der Waals surface area (Å²) >= 11 is 0. The van der Waals surface area contributed by atoms with Crippen molar-refractivity contribution in [2.24, 2.45) is 17.3 Å². The van der Waals surface area contributed by atoms with Gasteiger partial charge in [0.15, 0.2) is 0 Å². The Morgan fingerprint density at radius 2 is 1.68 bits per heavy atom. The van der Waals surface area contributed by atoms with E-state index in [2.05, 4.69) is 39.9 Å². The van der Waals surface area contributed by atoms with Crippen LogP contribution < -0.4 is 5.32 Å². The SMILES string of the molecule is CCNC(C1CCC(CC)CC1)C(OC)C(C)(C)C. The van der Waals surface area contributed by atoms with E-state index >= 15 is 0 Å². The highest BCUT2D eigenvalue weighted by Crippen LogP contribution is 2.37. The van der Waals surface area contributed by atoms with Gasteiger partial charge in [0.1, 0.15) is 0 Å². The third-order valence-corrected chi connectivity index (χ3v) is 4.85. The second kappa shape index (κ2) is 7.64. The number of hydrogen-bond acceptors (Lipinski definition) is 2. The molecule has 0 spiro atoms. The molecule has 2 unspecified atom stereocenters. The number of hydrogen-bond donors (Lipinski definition) is 1. The van der Waals surface area contributed by atoms with E-state index in [-0.39, 0.29) is 5.41 Å². The molecule has 0 aromatic carbocycles. The molecule has 0 saturated heterocycles. The molecule has 2 nitrogen and oxygen atoms in total. The smallest absolute Gasteiger partial charge is 0.0775 e. The van der Waals surface area contributed by atoms with E-state index in [0.717, 1.165) is 18.4 Å². The van der Waals surface area contributed by atoms with E-state index in [1.54, 1.807) is 0 Å². The Bertz CT molecular complexity index is 238. The summed E-state index contributed by atoms with van der Waals surface area (Å²) in [6, 6.07) is 0.507. The molecule has 114 valence electrons. The largest absolute Gasteiger partial charge is 0.379 e. The first kappa shape index (κ1) is 17.0. The minimum absolute atomic E-state index is 0.198. The van der Waals surface area contributed by atoms with Gasteiger partial charge in [-0.3, -0.25) is 0 Å². The van der Waals surface area contributed by atoms with Crippen LogP contribution in [-0.4, -0.2) is 25.8 Å². The fourth-order valence-electron chi connectivity index (χ4n) is 3.75. The maximum atomic E-state index is 5.87. The molecule has 0 aromatic rings. The van der Waals surface area contributed by atoms with Gasteiger partial charge in [0.05, 0.1) is 6.10 Å². The minimum Gasteiger partial charge on any atom is -0.379 e. The van der Waals surface area contributed by atoms with E-state index < -0.39 is 0 Å². The highest BCUT2D eigenvalue weighted by atomic mass is 16.5. The van der Waals surface area contributed by atoms with Crippen LogP contribution in [0.3, 0.4) is 0 Å². The van der Waals surface area contributed by atoms with Crippen LogP contribution in [0.25, 0.3) is 0 Å². The van der Waals surface area contributed by atoms with Gasteiger partial charge >= 0.3 is 0 Å². The molecule has 1 aliphatic rings. The molecule has 0 bridgehead atoms. The summed E-state index contributed by atoms with van der Waals surface area (Å²) < 4.78 is 5.87. The van der Waals surface area contributed by atoms with Gasteiger partial charge in [0.2, 0.25) is 0 Å². The van der Waals surface area contributed by atoms with Gasteiger partial charge in [0.25, 0.3) is 0 Å². The number of methoxy groups -OCH3 is 1. The van der Waals surface area contributed by atoms with E-state index in [0.29, 0.717) is 12.1 Å². The second-order valence-corrected chi connectivity index (χ2v) is 7.29. The van der Waals surface area contributed by atoms with Crippen LogP contribution in [-0.2, 0) is 4.74 Å². The number of ether oxygens (including phenoxy) is 1. The molecule has 19 heavy (non-hydrogen) atoms. The monoisotopic (exact) mass is 269 g/mol. The molecule has 1 rings (SSSR count). The van der Waals surface area contributed by atoms with Crippen molar-refractivity contribution in [2.45, 2.75) is 78.9 Å². The highest BCUT2D eigenvalue weighted by molar-refractivity contribution is 4.92. The van der Waals surface area contributed by atoms with Gasteiger partial charge in [-0.2, -0.15) is 0 Å². The van der Waals surface area contributed by atoms with Crippen LogP contribution in [0.1, 0.15) is 66.7 Å². The first-order valence-corrected chi connectivity index (χ1v) is 8.20. The lowest BCUT2D eigenvalue weighted by Gasteiger charge is -2.42. The summed E-state index contributed by atoms with van der Waals surface area (Å²) in [5.41, 5.74) is 0.198. The molecule has 2 atom stereocenters. The molecular weight excluding hydrogens is 234 g/mol. The molecule has 1 N–H and O–H groups in total. The van der Waals surface area contributed by atoms with Crippen molar-refractivity contribution >= 4 is 0 Å². The van der Waals surface area contributed by atoms with Gasteiger partial charge in [-0.1, -0.05) is 53.9 Å². The predicted molar refractivity (Wildman–Crippen MR) is 83.5 cm³/mol. The maximum Gasteiger partial charge on any atom is 0.0775 e. The summed E-state index contributed by atoms with van der Waals surface area (Å²) in [7, 11) is 1.87. The van der Waals surface area contributed by atoms with E-state index in [1.165, 1.54) is 32.1 Å². The van der Waals surface area contributed by atoms with Crippen molar-refractivity contribution in [1.29, 1.82) is 0 Å².